The van der Waals surface area contributed by atoms with Crippen LogP contribution < -0.4 is 0 Å². The Morgan fingerprint density at radius 2 is 2.00 bits per heavy atom. The standard InChI is InChI=1S/C17H20O2/c1-12(2)16(18)19-15-14-8-4-3-7-13(14)11-17(15)9-5-6-10-17/h3-4,7-8,15H,1,5-6,9-11H2,2H3. The van der Waals surface area contributed by atoms with Crippen LogP contribution in [0.4, 0.5) is 0 Å². The highest BCUT2D eigenvalue weighted by Crippen LogP contribution is 2.56. The van der Waals surface area contributed by atoms with Crippen LogP contribution in [0.25, 0.3) is 0 Å². The third-order valence-electron chi connectivity index (χ3n) is 4.61. The lowest BCUT2D eigenvalue weighted by atomic mass is 9.81. The molecule has 2 aliphatic rings. The average molecular weight is 256 g/mol. The third-order valence-corrected chi connectivity index (χ3v) is 4.61. The lowest BCUT2D eigenvalue weighted by molar-refractivity contribution is -0.151. The van der Waals surface area contributed by atoms with Crippen molar-refractivity contribution in [3.8, 4) is 0 Å². The number of carbonyl (C=O) groups is 1. The summed E-state index contributed by atoms with van der Waals surface area (Å²) in [5.74, 6) is -0.257. The Hall–Kier alpha value is -1.57. The second-order valence-corrected chi connectivity index (χ2v) is 6.01. The van der Waals surface area contributed by atoms with Gasteiger partial charge >= 0.3 is 5.97 Å². The van der Waals surface area contributed by atoms with Crippen molar-refractivity contribution in [3.63, 3.8) is 0 Å². The van der Waals surface area contributed by atoms with Gasteiger partial charge in [-0.1, -0.05) is 43.7 Å². The summed E-state index contributed by atoms with van der Waals surface area (Å²) in [6.45, 7) is 5.41. The summed E-state index contributed by atoms with van der Waals surface area (Å²) >= 11 is 0. The molecule has 1 unspecified atom stereocenters. The fraction of sp³-hybridized carbons (Fsp3) is 0.471. The second-order valence-electron chi connectivity index (χ2n) is 6.01. The first-order valence-electron chi connectivity index (χ1n) is 7.07. The lowest BCUT2D eigenvalue weighted by Crippen LogP contribution is -2.26. The molecule has 0 N–H and O–H groups in total. The van der Waals surface area contributed by atoms with E-state index in [1.54, 1.807) is 6.92 Å². The molecule has 0 saturated heterocycles. The maximum absolute atomic E-state index is 11.9. The number of benzene rings is 1. The van der Waals surface area contributed by atoms with Gasteiger partial charge in [-0.15, -0.1) is 0 Å². The molecule has 2 nitrogen and oxygen atoms in total. The van der Waals surface area contributed by atoms with Crippen molar-refractivity contribution in [1.29, 1.82) is 0 Å². The van der Waals surface area contributed by atoms with Crippen LogP contribution in [0.2, 0.25) is 0 Å². The van der Waals surface area contributed by atoms with Gasteiger partial charge in [0.15, 0.2) is 0 Å². The molecule has 19 heavy (non-hydrogen) atoms. The molecule has 1 saturated carbocycles. The van der Waals surface area contributed by atoms with Gasteiger partial charge in [-0.2, -0.15) is 0 Å². The van der Waals surface area contributed by atoms with Gasteiger partial charge in [-0.05, 0) is 37.3 Å². The van der Waals surface area contributed by atoms with E-state index in [-0.39, 0.29) is 17.5 Å². The minimum absolute atomic E-state index is 0.0737. The topological polar surface area (TPSA) is 26.3 Å². The predicted molar refractivity (Wildman–Crippen MR) is 74.7 cm³/mol. The van der Waals surface area contributed by atoms with E-state index in [1.807, 2.05) is 6.07 Å². The monoisotopic (exact) mass is 256 g/mol. The Morgan fingerprint density at radius 1 is 1.32 bits per heavy atom. The molecule has 0 aliphatic heterocycles. The first kappa shape index (κ1) is 12.5. The van der Waals surface area contributed by atoms with Crippen molar-refractivity contribution in [2.24, 2.45) is 5.41 Å². The predicted octanol–water partition coefficient (Wildman–Crippen LogP) is 3.96. The molecule has 0 radical (unpaired) electrons. The van der Waals surface area contributed by atoms with Crippen molar-refractivity contribution in [2.75, 3.05) is 0 Å². The van der Waals surface area contributed by atoms with E-state index in [4.69, 9.17) is 4.74 Å². The van der Waals surface area contributed by atoms with Gasteiger partial charge < -0.3 is 4.74 Å². The van der Waals surface area contributed by atoms with Gasteiger partial charge in [0.1, 0.15) is 6.10 Å². The summed E-state index contributed by atoms with van der Waals surface area (Å²) in [6.07, 6.45) is 5.79. The van der Waals surface area contributed by atoms with E-state index in [0.717, 1.165) is 19.3 Å². The molecule has 0 bridgehead atoms. The summed E-state index contributed by atoms with van der Waals surface area (Å²) in [5.41, 5.74) is 3.19. The van der Waals surface area contributed by atoms with Gasteiger partial charge in [-0.25, -0.2) is 4.79 Å². The highest BCUT2D eigenvalue weighted by Gasteiger charge is 2.49. The van der Waals surface area contributed by atoms with Crippen molar-refractivity contribution in [3.05, 3.63) is 47.5 Å². The molecule has 1 fully saturated rings. The molecule has 1 aromatic carbocycles. The number of hydrogen-bond acceptors (Lipinski definition) is 2. The molecule has 1 spiro atoms. The van der Waals surface area contributed by atoms with E-state index in [0.29, 0.717) is 5.57 Å². The summed E-state index contributed by atoms with van der Waals surface area (Å²) < 4.78 is 5.80. The quantitative estimate of drug-likeness (QED) is 0.591. The normalized spacial score (nSPS) is 23.3. The molecule has 0 aromatic heterocycles. The van der Waals surface area contributed by atoms with Gasteiger partial charge in [-0.3, -0.25) is 0 Å². The molecular weight excluding hydrogens is 236 g/mol. The number of ether oxygens (including phenoxy) is 1. The number of fused-ring (bicyclic) bond motifs is 1. The zero-order valence-corrected chi connectivity index (χ0v) is 11.4. The van der Waals surface area contributed by atoms with E-state index in [2.05, 4.69) is 24.8 Å². The Labute approximate surface area is 114 Å². The molecule has 0 heterocycles. The van der Waals surface area contributed by atoms with Crippen molar-refractivity contribution in [2.45, 2.75) is 45.1 Å². The maximum atomic E-state index is 11.9. The highest BCUT2D eigenvalue weighted by molar-refractivity contribution is 5.87. The Kier molecular flexibility index (Phi) is 2.96. The minimum Gasteiger partial charge on any atom is -0.454 e. The fourth-order valence-corrected chi connectivity index (χ4v) is 3.67. The highest BCUT2D eigenvalue weighted by atomic mass is 16.5. The zero-order chi connectivity index (χ0) is 13.5. The Balaban J connectivity index is 1.96. The van der Waals surface area contributed by atoms with Crippen LogP contribution in [-0.4, -0.2) is 5.97 Å². The number of esters is 1. The van der Waals surface area contributed by atoms with Crippen LogP contribution in [0.3, 0.4) is 0 Å². The van der Waals surface area contributed by atoms with Gasteiger partial charge in [0, 0.05) is 11.0 Å². The molecule has 1 aromatic rings. The molecule has 1 atom stereocenters. The number of rotatable bonds is 2. The zero-order valence-electron chi connectivity index (χ0n) is 11.4. The van der Waals surface area contributed by atoms with Crippen LogP contribution in [0, 0.1) is 5.41 Å². The molecule has 2 aliphatic carbocycles. The third kappa shape index (κ3) is 1.99. The molecule has 2 heteroatoms. The van der Waals surface area contributed by atoms with Crippen molar-refractivity contribution >= 4 is 5.97 Å². The van der Waals surface area contributed by atoms with E-state index >= 15 is 0 Å². The maximum Gasteiger partial charge on any atom is 0.333 e. The molecule has 100 valence electrons. The largest absolute Gasteiger partial charge is 0.454 e. The van der Waals surface area contributed by atoms with Crippen molar-refractivity contribution in [1.82, 2.24) is 0 Å². The Bertz CT molecular complexity index is 524. The minimum atomic E-state index is -0.257. The second kappa shape index (κ2) is 4.52. The van der Waals surface area contributed by atoms with E-state index < -0.39 is 0 Å². The summed E-state index contributed by atoms with van der Waals surface area (Å²) in [6, 6.07) is 8.39. The fourth-order valence-electron chi connectivity index (χ4n) is 3.67. The van der Waals surface area contributed by atoms with Crippen molar-refractivity contribution < 1.29 is 9.53 Å². The van der Waals surface area contributed by atoms with E-state index in [9.17, 15) is 4.79 Å². The molecule has 3 rings (SSSR count). The van der Waals surface area contributed by atoms with Crippen LogP contribution in [0.1, 0.15) is 49.8 Å². The SMILES string of the molecule is C=C(C)C(=O)OC1c2ccccc2CC12CCCC2. The first-order valence-corrected chi connectivity index (χ1v) is 7.07. The van der Waals surface area contributed by atoms with Crippen LogP contribution in [0.5, 0.6) is 0 Å². The lowest BCUT2D eigenvalue weighted by Gasteiger charge is -2.31. The number of carbonyl (C=O) groups excluding carboxylic acids is 1. The summed E-state index contributed by atoms with van der Waals surface area (Å²) in [5, 5.41) is 0. The summed E-state index contributed by atoms with van der Waals surface area (Å²) in [4.78, 5) is 11.9. The smallest absolute Gasteiger partial charge is 0.333 e. The number of hydrogen-bond donors (Lipinski definition) is 0. The first-order chi connectivity index (χ1) is 9.12. The van der Waals surface area contributed by atoms with Gasteiger partial charge in [0.25, 0.3) is 0 Å². The average Bonchev–Trinajstić information content (AvgIpc) is 2.97. The van der Waals surface area contributed by atoms with Gasteiger partial charge in [0.2, 0.25) is 0 Å². The van der Waals surface area contributed by atoms with Crippen LogP contribution in [0.15, 0.2) is 36.4 Å². The van der Waals surface area contributed by atoms with Gasteiger partial charge in [0.05, 0.1) is 0 Å². The van der Waals surface area contributed by atoms with E-state index in [1.165, 1.54) is 24.0 Å². The van der Waals surface area contributed by atoms with Crippen LogP contribution >= 0.6 is 0 Å². The Morgan fingerprint density at radius 3 is 2.68 bits per heavy atom. The van der Waals surface area contributed by atoms with Crippen LogP contribution in [-0.2, 0) is 16.0 Å². The molecule has 0 amide bonds. The molecular formula is C17H20O2. The summed E-state index contributed by atoms with van der Waals surface area (Å²) in [7, 11) is 0.